The van der Waals surface area contributed by atoms with Gasteiger partial charge in [0.15, 0.2) is 0 Å². The second-order valence-corrected chi connectivity index (χ2v) is 7.32. The van der Waals surface area contributed by atoms with Crippen LogP contribution in [0.1, 0.15) is 37.7 Å². The molecular formula is C20H29N3O2. The Morgan fingerprint density at radius 3 is 2.52 bits per heavy atom. The van der Waals surface area contributed by atoms with E-state index in [-0.39, 0.29) is 23.7 Å². The van der Waals surface area contributed by atoms with Gasteiger partial charge in [0.25, 0.3) is 0 Å². The monoisotopic (exact) mass is 343 g/mol. The van der Waals surface area contributed by atoms with Crippen molar-refractivity contribution in [3.8, 4) is 0 Å². The predicted molar refractivity (Wildman–Crippen MR) is 97.8 cm³/mol. The van der Waals surface area contributed by atoms with E-state index in [0.717, 1.165) is 50.8 Å². The Bertz CT molecular complexity index is 584. The van der Waals surface area contributed by atoms with E-state index in [1.807, 2.05) is 35.2 Å². The standard InChI is InChI=1S/C20H29N3O2/c21-14-16-9-6-10-17(16)19(24)22-18(13-15-7-2-1-3-8-15)20(25)23-11-4-5-12-23/h1-3,7-8,16-18H,4-6,9-14,21H2,(H,22,24)/t16-,17-,18?/m1/s1. The van der Waals surface area contributed by atoms with Gasteiger partial charge < -0.3 is 16.0 Å². The Balaban J connectivity index is 1.71. The van der Waals surface area contributed by atoms with E-state index in [1.165, 1.54) is 0 Å². The van der Waals surface area contributed by atoms with E-state index in [2.05, 4.69) is 5.32 Å². The molecule has 5 heteroatoms. The smallest absolute Gasteiger partial charge is 0.245 e. The van der Waals surface area contributed by atoms with Crippen LogP contribution in [0.2, 0.25) is 0 Å². The predicted octanol–water partition coefficient (Wildman–Crippen LogP) is 1.71. The number of benzene rings is 1. The largest absolute Gasteiger partial charge is 0.344 e. The van der Waals surface area contributed by atoms with Gasteiger partial charge in [-0.15, -0.1) is 0 Å². The van der Waals surface area contributed by atoms with Crippen LogP contribution >= 0.6 is 0 Å². The van der Waals surface area contributed by atoms with Crippen LogP contribution in [0.3, 0.4) is 0 Å². The van der Waals surface area contributed by atoms with Gasteiger partial charge in [0.2, 0.25) is 11.8 Å². The van der Waals surface area contributed by atoms with E-state index in [0.29, 0.717) is 13.0 Å². The summed E-state index contributed by atoms with van der Waals surface area (Å²) in [5, 5.41) is 3.06. The summed E-state index contributed by atoms with van der Waals surface area (Å²) in [4.78, 5) is 27.6. The highest BCUT2D eigenvalue weighted by Gasteiger charge is 2.35. The molecule has 0 aromatic heterocycles. The van der Waals surface area contributed by atoms with Gasteiger partial charge >= 0.3 is 0 Å². The fourth-order valence-corrected chi connectivity index (χ4v) is 4.15. The van der Waals surface area contributed by atoms with Crippen molar-refractivity contribution in [2.75, 3.05) is 19.6 Å². The van der Waals surface area contributed by atoms with Crippen LogP contribution in [0, 0.1) is 11.8 Å². The zero-order chi connectivity index (χ0) is 17.6. The molecule has 0 radical (unpaired) electrons. The quantitative estimate of drug-likeness (QED) is 0.826. The van der Waals surface area contributed by atoms with Gasteiger partial charge in [-0.2, -0.15) is 0 Å². The number of carbonyl (C=O) groups excluding carboxylic acids is 2. The van der Waals surface area contributed by atoms with Gasteiger partial charge in [0.1, 0.15) is 6.04 Å². The van der Waals surface area contributed by atoms with E-state index in [9.17, 15) is 9.59 Å². The van der Waals surface area contributed by atoms with Crippen LogP contribution in [0.4, 0.5) is 0 Å². The first-order chi connectivity index (χ1) is 12.2. The normalized spacial score (nSPS) is 24.3. The molecule has 1 saturated heterocycles. The number of nitrogens with zero attached hydrogens (tertiary/aromatic N) is 1. The molecule has 3 atom stereocenters. The lowest BCUT2D eigenvalue weighted by atomic mass is 9.94. The lowest BCUT2D eigenvalue weighted by molar-refractivity contribution is -0.137. The van der Waals surface area contributed by atoms with Gasteiger partial charge in [-0.3, -0.25) is 9.59 Å². The topological polar surface area (TPSA) is 75.4 Å². The summed E-state index contributed by atoms with van der Waals surface area (Å²) in [6.45, 7) is 2.14. The van der Waals surface area contributed by atoms with Gasteiger partial charge in [0.05, 0.1) is 0 Å². The summed E-state index contributed by atoms with van der Waals surface area (Å²) in [6.07, 6.45) is 5.58. The minimum Gasteiger partial charge on any atom is -0.344 e. The molecule has 25 heavy (non-hydrogen) atoms. The molecule has 1 aliphatic carbocycles. The highest BCUT2D eigenvalue weighted by Crippen LogP contribution is 2.31. The molecule has 1 aromatic rings. The number of carbonyl (C=O) groups is 2. The molecule has 136 valence electrons. The zero-order valence-electron chi connectivity index (χ0n) is 14.8. The van der Waals surface area contributed by atoms with Crippen molar-refractivity contribution in [2.45, 2.75) is 44.6 Å². The maximum atomic E-state index is 12.9. The fourth-order valence-electron chi connectivity index (χ4n) is 4.15. The molecule has 2 aliphatic rings. The van der Waals surface area contributed by atoms with Gasteiger partial charge in [-0.25, -0.2) is 0 Å². The molecule has 0 spiro atoms. The van der Waals surface area contributed by atoms with Crippen molar-refractivity contribution in [2.24, 2.45) is 17.6 Å². The number of amides is 2. The fraction of sp³-hybridized carbons (Fsp3) is 0.600. The van der Waals surface area contributed by atoms with Crippen molar-refractivity contribution < 1.29 is 9.59 Å². The molecule has 1 heterocycles. The Morgan fingerprint density at radius 2 is 1.84 bits per heavy atom. The van der Waals surface area contributed by atoms with Gasteiger partial charge in [-0.1, -0.05) is 36.8 Å². The molecule has 3 rings (SSSR count). The summed E-state index contributed by atoms with van der Waals surface area (Å²) >= 11 is 0. The van der Waals surface area contributed by atoms with Crippen molar-refractivity contribution in [1.82, 2.24) is 10.2 Å². The van der Waals surface area contributed by atoms with E-state index < -0.39 is 6.04 Å². The summed E-state index contributed by atoms with van der Waals surface area (Å²) in [5.74, 6) is 0.257. The average molecular weight is 343 g/mol. The molecule has 1 aliphatic heterocycles. The molecule has 2 amide bonds. The molecule has 3 N–H and O–H groups in total. The molecule has 2 fully saturated rings. The van der Waals surface area contributed by atoms with Crippen LogP contribution in [0.25, 0.3) is 0 Å². The SMILES string of the molecule is NC[C@H]1CCC[C@H]1C(=O)NC(Cc1ccccc1)C(=O)N1CCCC1. The number of hydrogen-bond acceptors (Lipinski definition) is 3. The van der Waals surface area contributed by atoms with E-state index in [4.69, 9.17) is 5.73 Å². The minimum absolute atomic E-state index is 0.00132. The summed E-state index contributed by atoms with van der Waals surface area (Å²) in [5.41, 5.74) is 6.89. The second kappa shape index (κ2) is 8.48. The summed E-state index contributed by atoms with van der Waals surface area (Å²) in [6, 6.07) is 9.44. The molecule has 1 saturated carbocycles. The lowest BCUT2D eigenvalue weighted by Gasteiger charge is -2.26. The van der Waals surface area contributed by atoms with Gasteiger partial charge in [0, 0.05) is 25.4 Å². The van der Waals surface area contributed by atoms with Crippen LogP contribution in [-0.4, -0.2) is 42.4 Å². The maximum Gasteiger partial charge on any atom is 0.245 e. The van der Waals surface area contributed by atoms with Crippen LogP contribution in [0.5, 0.6) is 0 Å². The van der Waals surface area contributed by atoms with Crippen molar-refractivity contribution in [3.05, 3.63) is 35.9 Å². The Labute approximate surface area is 150 Å². The second-order valence-electron chi connectivity index (χ2n) is 7.32. The molecule has 1 unspecified atom stereocenters. The van der Waals surface area contributed by atoms with Crippen molar-refractivity contribution in [3.63, 3.8) is 0 Å². The highest BCUT2D eigenvalue weighted by molar-refractivity contribution is 5.89. The average Bonchev–Trinajstić information content (AvgIpc) is 3.32. The Kier molecular flexibility index (Phi) is 6.08. The Morgan fingerprint density at radius 1 is 1.12 bits per heavy atom. The third-order valence-corrected chi connectivity index (χ3v) is 5.61. The number of nitrogens with two attached hydrogens (primary N) is 1. The van der Waals surface area contributed by atoms with E-state index in [1.54, 1.807) is 0 Å². The van der Waals surface area contributed by atoms with Crippen LogP contribution in [0.15, 0.2) is 30.3 Å². The highest BCUT2D eigenvalue weighted by atomic mass is 16.2. The molecule has 5 nitrogen and oxygen atoms in total. The number of rotatable bonds is 6. The first-order valence-corrected chi connectivity index (χ1v) is 9.52. The molecular weight excluding hydrogens is 314 g/mol. The van der Waals surface area contributed by atoms with Crippen molar-refractivity contribution >= 4 is 11.8 Å². The van der Waals surface area contributed by atoms with Gasteiger partial charge in [-0.05, 0) is 43.7 Å². The molecule has 1 aromatic carbocycles. The van der Waals surface area contributed by atoms with Crippen LogP contribution in [-0.2, 0) is 16.0 Å². The van der Waals surface area contributed by atoms with E-state index >= 15 is 0 Å². The first-order valence-electron chi connectivity index (χ1n) is 9.52. The third kappa shape index (κ3) is 4.40. The first kappa shape index (κ1) is 17.9. The summed E-state index contributed by atoms with van der Waals surface area (Å²) < 4.78 is 0. The third-order valence-electron chi connectivity index (χ3n) is 5.61. The zero-order valence-corrected chi connectivity index (χ0v) is 14.8. The maximum absolute atomic E-state index is 12.9. The number of hydrogen-bond donors (Lipinski definition) is 2. The van der Waals surface area contributed by atoms with Crippen molar-refractivity contribution in [1.29, 1.82) is 0 Å². The lowest BCUT2D eigenvalue weighted by Crippen LogP contribution is -2.51. The summed E-state index contributed by atoms with van der Waals surface area (Å²) in [7, 11) is 0. The molecule has 0 bridgehead atoms. The van der Waals surface area contributed by atoms with Crippen LogP contribution < -0.4 is 11.1 Å². The Hall–Kier alpha value is -1.88. The number of nitrogens with one attached hydrogen (secondary N) is 1. The number of likely N-dealkylation sites (tertiary alicyclic amines) is 1. The minimum atomic E-state index is -0.480.